The third kappa shape index (κ3) is 4.51. The van der Waals surface area contributed by atoms with Crippen LogP contribution < -0.4 is 5.32 Å². The summed E-state index contributed by atoms with van der Waals surface area (Å²) in [6.45, 7) is 0. The van der Waals surface area contributed by atoms with Crippen LogP contribution in [0.4, 0.5) is 18.9 Å². The van der Waals surface area contributed by atoms with E-state index >= 15 is 0 Å². The summed E-state index contributed by atoms with van der Waals surface area (Å²) in [4.78, 5) is 13.0. The Morgan fingerprint density at radius 3 is 2.46 bits per heavy atom. The molecule has 0 spiro atoms. The number of carbonyl (C=O) groups excluding carboxylic acids is 1. The number of halogens is 4. The van der Waals surface area contributed by atoms with Crippen molar-refractivity contribution in [3.05, 3.63) is 71.2 Å². The van der Waals surface area contributed by atoms with Crippen molar-refractivity contribution in [2.45, 2.75) is 11.1 Å². The van der Waals surface area contributed by atoms with E-state index in [9.17, 15) is 18.0 Å². The molecule has 0 saturated carbocycles. The summed E-state index contributed by atoms with van der Waals surface area (Å²) in [6.07, 6.45) is -4.50. The molecule has 3 rings (SSSR count). The van der Waals surface area contributed by atoms with Gasteiger partial charge in [-0.25, -0.2) is 0 Å². The molecular formula is C19H13ClF3NOS. The van der Waals surface area contributed by atoms with Crippen LogP contribution in [-0.4, -0.2) is 11.7 Å². The second-order valence-corrected chi connectivity index (χ2v) is 6.99. The normalized spacial score (nSPS) is 11.5. The fourth-order valence-corrected chi connectivity index (χ4v) is 3.30. The van der Waals surface area contributed by atoms with Gasteiger partial charge in [0.15, 0.2) is 0 Å². The standard InChI is InChI=1S/C19H13ClF3NOS/c20-16-8-6-14(19(21,22)23)10-17(16)24-18(25)11-26-15-7-5-12-3-1-2-4-13(12)9-15/h1-10H,11H2,(H,24,25). The first-order valence-electron chi connectivity index (χ1n) is 7.61. The number of hydrogen-bond donors (Lipinski definition) is 1. The van der Waals surface area contributed by atoms with Gasteiger partial charge in [0.2, 0.25) is 5.91 Å². The fraction of sp³-hybridized carbons (Fsp3) is 0.105. The Morgan fingerprint density at radius 2 is 1.73 bits per heavy atom. The van der Waals surface area contributed by atoms with Crippen LogP contribution in [-0.2, 0) is 11.0 Å². The number of thioether (sulfide) groups is 1. The number of nitrogens with one attached hydrogen (secondary N) is 1. The lowest BCUT2D eigenvalue weighted by molar-refractivity contribution is -0.137. The van der Waals surface area contributed by atoms with Gasteiger partial charge in [-0.15, -0.1) is 11.8 Å². The predicted octanol–water partition coefficient (Wildman–Crippen LogP) is 6.24. The lowest BCUT2D eigenvalue weighted by atomic mass is 10.1. The second-order valence-electron chi connectivity index (χ2n) is 5.54. The molecule has 0 aromatic heterocycles. The van der Waals surface area contributed by atoms with Gasteiger partial charge < -0.3 is 5.32 Å². The Balaban J connectivity index is 1.67. The molecule has 0 atom stereocenters. The zero-order chi connectivity index (χ0) is 18.7. The van der Waals surface area contributed by atoms with Crippen molar-refractivity contribution in [3.63, 3.8) is 0 Å². The third-order valence-electron chi connectivity index (χ3n) is 3.66. The minimum Gasteiger partial charge on any atom is -0.324 e. The van der Waals surface area contributed by atoms with Crippen LogP contribution in [0.1, 0.15) is 5.56 Å². The number of anilines is 1. The van der Waals surface area contributed by atoms with Crippen LogP contribution in [0, 0.1) is 0 Å². The highest BCUT2D eigenvalue weighted by molar-refractivity contribution is 8.00. The van der Waals surface area contributed by atoms with Crippen LogP contribution in [0.2, 0.25) is 5.02 Å². The maximum atomic E-state index is 12.8. The van der Waals surface area contributed by atoms with Crippen LogP contribution in [0.3, 0.4) is 0 Å². The highest BCUT2D eigenvalue weighted by Gasteiger charge is 2.31. The van der Waals surface area contributed by atoms with E-state index in [1.165, 1.54) is 11.8 Å². The minimum absolute atomic E-state index is 0.0504. The number of alkyl halides is 3. The fourth-order valence-electron chi connectivity index (χ4n) is 2.39. The maximum absolute atomic E-state index is 12.8. The van der Waals surface area contributed by atoms with Crippen LogP contribution in [0.25, 0.3) is 10.8 Å². The quantitative estimate of drug-likeness (QED) is 0.529. The summed E-state index contributed by atoms with van der Waals surface area (Å²) in [5.41, 5.74) is -0.912. The molecule has 1 N–H and O–H groups in total. The number of rotatable bonds is 4. The first kappa shape index (κ1) is 18.6. The van der Waals surface area contributed by atoms with E-state index in [0.29, 0.717) is 0 Å². The molecule has 0 heterocycles. The molecule has 0 radical (unpaired) electrons. The van der Waals surface area contributed by atoms with E-state index < -0.39 is 17.6 Å². The van der Waals surface area contributed by atoms with Crippen molar-refractivity contribution >= 4 is 45.7 Å². The van der Waals surface area contributed by atoms with Gasteiger partial charge in [0.1, 0.15) is 0 Å². The zero-order valence-corrected chi connectivity index (χ0v) is 14.9. The molecule has 26 heavy (non-hydrogen) atoms. The molecule has 0 aliphatic heterocycles. The number of amides is 1. The first-order chi connectivity index (χ1) is 12.3. The summed E-state index contributed by atoms with van der Waals surface area (Å²) >= 11 is 7.18. The van der Waals surface area contributed by atoms with Crippen molar-refractivity contribution in [2.75, 3.05) is 11.1 Å². The molecule has 1 amide bonds. The summed E-state index contributed by atoms with van der Waals surface area (Å²) in [6, 6.07) is 16.5. The topological polar surface area (TPSA) is 29.1 Å². The third-order valence-corrected chi connectivity index (χ3v) is 4.98. The van der Waals surface area contributed by atoms with E-state index in [1.807, 2.05) is 42.5 Å². The molecule has 0 unspecified atom stereocenters. The van der Waals surface area contributed by atoms with Crippen molar-refractivity contribution in [1.29, 1.82) is 0 Å². The van der Waals surface area contributed by atoms with E-state index in [2.05, 4.69) is 5.32 Å². The molecule has 3 aromatic rings. The maximum Gasteiger partial charge on any atom is 0.416 e. The predicted molar refractivity (Wildman–Crippen MR) is 99.8 cm³/mol. The SMILES string of the molecule is O=C(CSc1ccc2ccccc2c1)Nc1cc(C(F)(F)F)ccc1Cl. The molecule has 2 nitrogen and oxygen atoms in total. The minimum atomic E-state index is -4.50. The van der Waals surface area contributed by atoms with Gasteiger partial charge in [0.25, 0.3) is 0 Å². The van der Waals surface area contributed by atoms with E-state index in [-0.39, 0.29) is 16.5 Å². The van der Waals surface area contributed by atoms with Crippen molar-refractivity contribution in [3.8, 4) is 0 Å². The van der Waals surface area contributed by atoms with Gasteiger partial charge in [0.05, 0.1) is 22.0 Å². The Bertz CT molecular complexity index is 959. The number of hydrogen-bond acceptors (Lipinski definition) is 2. The van der Waals surface area contributed by atoms with E-state index in [4.69, 9.17) is 11.6 Å². The van der Waals surface area contributed by atoms with Crippen LogP contribution in [0.15, 0.2) is 65.6 Å². The van der Waals surface area contributed by atoms with E-state index in [1.54, 1.807) is 0 Å². The molecule has 0 fully saturated rings. The Labute approximate surface area is 157 Å². The lowest BCUT2D eigenvalue weighted by Gasteiger charge is -2.11. The number of fused-ring (bicyclic) bond motifs is 1. The van der Waals surface area contributed by atoms with Crippen LogP contribution in [0.5, 0.6) is 0 Å². The number of benzene rings is 3. The van der Waals surface area contributed by atoms with Crippen molar-refractivity contribution in [2.24, 2.45) is 0 Å². The average Bonchev–Trinajstić information content (AvgIpc) is 2.60. The number of carbonyl (C=O) groups is 1. The van der Waals surface area contributed by atoms with Gasteiger partial charge in [-0.2, -0.15) is 13.2 Å². The Hall–Kier alpha value is -2.18. The van der Waals surface area contributed by atoms with Gasteiger partial charge in [-0.1, -0.05) is 41.9 Å². The largest absolute Gasteiger partial charge is 0.416 e. The van der Waals surface area contributed by atoms with Crippen molar-refractivity contribution < 1.29 is 18.0 Å². The second kappa shape index (κ2) is 7.60. The van der Waals surface area contributed by atoms with Crippen LogP contribution >= 0.6 is 23.4 Å². The molecule has 0 saturated heterocycles. The summed E-state index contributed by atoms with van der Waals surface area (Å²) in [7, 11) is 0. The molecule has 3 aromatic carbocycles. The smallest absolute Gasteiger partial charge is 0.324 e. The average molecular weight is 396 g/mol. The summed E-state index contributed by atoms with van der Waals surface area (Å²) < 4.78 is 38.3. The zero-order valence-electron chi connectivity index (χ0n) is 13.3. The highest BCUT2D eigenvalue weighted by atomic mass is 35.5. The van der Waals surface area contributed by atoms with Gasteiger partial charge >= 0.3 is 6.18 Å². The van der Waals surface area contributed by atoms with Gasteiger partial charge in [-0.05, 0) is 41.1 Å². The molecular weight excluding hydrogens is 383 g/mol. The molecule has 0 bridgehead atoms. The lowest BCUT2D eigenvalue weighted by Crippen LogP contribution is -2.15. The first-order valence-corrected chi connectivity index (χ1v) is 8.97. The Kier molecular flexibility index (Phi) is 5.44. The molecule has 134 valence electrons. The Morgan fingerprint density at radius 1 is 1.00 bits per heavy atom. The highest BCUT2D eigenvalue weighted by Crippen LogP contribution is 2.34. The van der Waals surface area contributed by atoms with Gasteiger partial charge in [0, 0.05) is 4.90 Å². The molecule has 0 aliphatic carbocycles. The molecule has 0 aliphatic rings. The van der Waals surface area contributed by atoms with Gasteiger partial charge in [-0.3, -0.25) is 4.79 Å². The van der Waals surface area contributed by atoms with Crippen molar-refractivity contribution in [1.82, 2.24) is 0 Å². The monoisotopic (exact) mass is 395 g/mol. The van der Waals surface area contributed by atoms with E-state index in [0.717, 1.165) is 33.9 Å². The summed E-state index contributed by atoms with van der Waals surface area (Å²) in [5.74, 6) is -0.366. The summed E-state index contributed by atoms with van der Waals surface area (Å²) in [5, 5.41) is 4.64. The molecule has 7 heteroatoms.